The van der Waals surface area contributed by atoms with E-state index < -0.39 is 0 Å². The quantitative estimate of drug-likeness (QED) is 0.817. The van der Waals surface area contributed by atoms with Crippen molar-refractivity contribution in [3.8, 4) is 0 Å². The molecular weight excluding hydrogens is 350 g/mol. The van der Waals surface area contributed by atoms with Crippen LogP contribution in [0.15, 0.2) is 58.1 Å². The lowest BCUT2D eigenvalue weighted by molar-refractivity contribution is -0.918. The lowest BCUT2D eigenvalue weighted by Gasteiger charge is -2.30. The summed E-state index contributed by atoms with van der Waals surface area (Å²) >= 11 is 3.56. The summed E-state index contributed by atoms with van der Waals surface area (Å²) in [4.78, 5) is 1.64. The van der Waals surface area contributed by atoms with Gasteiger partial charge in [-0.25, -0.2) is 0 Å². The third kappa shape index (κ3) is 4.66. The van der Waals surface area contributed by atoms with E-state index >= 15 is 0 Å². The molecule has 0 radical (unpaired) electrons. The fourth-order valence-corrected chi connectivity index (χ4v) is 3.21. The standard InChI is InChI=1S/C19H22BrN3/c1-16-6-8-17(9-7-16)15-22-10-12-23(13-11-22)21-14-18-4-2-3-5-19(18)20/h2-9,14H,10-13,15H2,1H3/p+1/b21-14-. The molecule has 120 valence electrons. The number of halogens is 1. The monoisotopic (exact) mass is 372 g/mol. The number of hydrogen-bond donors (Lipinski definition) is 1. The molecule has 23 heavy (non-hydrogen) atoms. The minimum absolute atomic E-state index is 1.02. The highest BCUT2D eigenvalue weighted by atomic mass is 79.9. The molecular formula is C19H23BrN3+. The average molecular weight is 373 g/mol. The van der Waals surface area contributed by atoms with E-state index in [1.165, 1.54) is 11.1 Å². The Hall–Kier alpha value is -1.65. The van der Waals surface area contributed by atoms with E-state index in [-0.39, 0.29) is 0 Å². The molecule has 1 fully saturated rings. The molecule has 0 bridgehead atoms. The largest absolute Gasteiger partial charge is 0.328 e. The van der Waals surface area contributed by atoms with Gasteiger partial charge < -0.3 is 4.90 Å². The van der Waals surface area contributed by atoms with Gasteiger partial charge >= 0.3 is 0 Å². The van der Waals surface area contributed by atoms with E-state index in [1.54, 1.807) is 4.90 Å². The molecule has 0 atom stereocenters. The molecule has 1 heterocycles. The van der Waals surface area contributed by atoms with E-state index in [1.807, 2.05) is 24.4 Å². The second-order valence-corrected chi connectivity index (χ2v) is 6.99. The zero-order valence-corrected chi connectivity index (χ0v) is 15.1. The van der Waals surface area contributed by atoms with Crippen molar-refractivity contribution in [3.63, 3.8) is 0 Å². The molecule has 0 unspecified atom stereocenters. The summed E-state index contributed by atoms with van der Waals surface area (Å²) < 4.78 is 1.09. The van der Waals surface area contributed by atoms with E-state index in [2.05, 4.69) is 63.3 Å². The molecule has 1 aliphatic heterocycles. The number of benzene rings is 2. The Morgan fingerprint density at radius 1 is 1.09 bits per heavy atom. The normalized spacial score (nSPS) is 16.2. The van der Waals surface area contributed by atoms with Crippen LogP contribution < -0.4 is 4.90 Å². The van der Waals surface area contributed by atoms with Crippen molar-refractivity contribution >= 4 is 22.1 Å². The van der Waals surface area contributed by atoms with Crippen LogP contribution in [-0.4, -0.2) is 37.4 Å². The van der Waals surface area contributed by atoms with Gasteiger partial charge in [0.2, 0.25) is 0 Å². The van der Waals surface area contributed by atoms with Crippen molar-refractivity contribution in [1.29, 1.82) is 0 Å². The van der Waals surface area contributed by atoms with Gasteiger partial charge in [-0.2, -0.15) is 5.10 Å². The van der Waals surface area contributed by atoms with E-state index in [9.17, 15) is 0 Å². The Balaban J connectivity index is 1.50. The second-order valence-electron chi connectivity index (χ2n) is 6.13. The van der Waals surface area contributed by atoms with Gasteiger partial charge in [-0.3, -0.25) is 5.01 Å². The summed E-state index contributed by atoms with van der Waals surface area (Å²) in [5, 5.41) is 6.81. The van der Waals surface area contributed by atoms with Gasteiger partial charge in [-0.15, -0.1) is 0 Å². The highest BCUT2D eigenvalue weighted by Crippen LogP contribution is 2.13. The van der Waals surface area contributed by atoms with Crippen LogP contribution in [0, 0.1) is 6.92 Å². The van der Waals surface area contributed by atoms with Crippen molar-refractivity contribution in [2.75, 3.05) is 26.2 Å². The first-order valence-corrected chi connectivity index (χ1v) is 8.92. The molecule has 3 rings (SSSR count). The molecule has 0 aromatic heterocycles. The van der Waals surface area contributed by atoms with Crippen molar-refractivity contribution in [3.05, 3.63) is 69.7 Å². The number of rotatable bonds is 4. The third-order valence-corrected chi connectivity index (χ3v) is 5.01. The predicted octanol–water partition coefficient (Wildman–Crippen LogP) is 2.49. The van der Waals surface area contributed by atoms with Crippen LogP contribution in [0.3, 0.4) is 0 Å². The molecule has 1 saturated heterocycles. The molecule has 0 spiro atoms. The fraction of sp³-hybridized carbons (Fsp3) is 0.316. The van der Waals surface area contributed by atoms with Gasteiger partial charge in [0, 0.05) is 15.6 Å². The van der Waals surface area contributed by atoms with Crippen LogP contribution in [0.2, 0.25) is 0 Å². The molecule has 2 aromatic carbocycles. The Morgan fingerprint density at radius 3 is 2.48 bits per heavy atom. The third-order valence-electron chi connectivity index (χ3n) is 4.29. The highest BCUT2D eigenvalue weighted by Gasteiger charge is 2.18. The molecule has 0 saturated carbocycles. The zero-order chi connectivity index (χ0) is 16.1. The van der Waals surface area contributed by atoms with Crippen LogP contribution in [0.1, 0.15) is 16.7 Å². The first kappa shape index (κ1) is 16.2. The highest BCUT2D eigenvalue weighted by molar-refractivity contribution is 9.10. The maximum absolute atomic E-state index is 4.63. The minimum atomic E-state index is 1.02. The van der Waals surface area contributed by atoms with Gasteiger partial charge in [0.05, 0.1) is 32.4 Å². The van der Waals surface area contributed by atoms with Crippen LogP contribution in [0.5, 0.6) is 0 Å². The topological polar surface area (TPSA) is 20.0 Å². The molecule has 3 nitrogen and oxygen atoms in total. The van der Waals surface area contributed by atoms with Gasteiger partial charge in [0.1, 0.15) is 6.54 Å². The van der Waals surface area contributed by atoms with E-state index in [0.29, 0.717) is 0 Å². The van der Waals surface area contributed by atoms with Crippen molar-refractivity contribution < 1.29 is 4.90 Å². The van der Waals surface area contributed by atoms with Gasteiger partial charge in [-0.1, -0.05) is 64.0 Å². The molecule has 1 aliphatic rings. The lowest BCUT2D eigenvalue weighted by atomic mass is 10.1. The average Bonchev–Trinajstić information content (AvgIpc) is 2.58. The maximum Gasteiger partial charge on any atom is 0.103 e. The lowest BCUT2D eigenvalue weighted by Crippen LogP contribution is -3.13. The molecule has 2 aromatic rings. The zero-order valence-electron chi connectivity index (χ0n) is 13.5. The Morgan fingerprint density at radius 2 is 1.78 bits per heavy atom. The maximum atomic E-state index is 4.63. The summed E-state index contributed by atoms with van der Waals surface area (Å²) in [5.74, 6) is 0. The van der Waals surface area contributed by atoms with Crippen molar-refractivity contribution in [2.24, 2.45) is 5.10 Å². The number of aryl methyl sites for hydroxylation is 1. The number of nitrogens with zero attached hydrogens (tertiary/aromatic N) is 2. The first-order valence-electron chi connectivity index (χ1n) is 8.13. The fourth-order valence-electron chi connectivity index (χ4n) is 2.82. The predicted molar refractivity (Wildman–Crippen MR) is 98.9 cm³/mol. The second kappa shape index (κ2) is 7.75. The van der Waals surface area contributed by atoms with Gasteiger partial charge in [0.25, 0.3) is 0 Å². The summed E-state index contributed by atoms with van der Waals surface area (Å²) in [6.07, 6.45) is 1.95. The van der Waals surface area contributed by atoms with E-state index in [0.717, 1.165) is 42.8 Å². The van der Waals surface area contributed by atoms with Crippen LogP contribution in [0.4, 0.5) is 0 Å². The summed E-state index contributed by atoms with van der Waals surface area (Å²) in [6, 6.07) is 17.1. The van der Waals surface area contributed by atoms with Crippen molar-refractivity contribution in [2.45, 2.75) is 13.5 Å². The van der Waals surface area contributed by atoms with Crippen molar-refractivity contribution in [1.82, 2.24) is 5.01 Å². The molecule has 0 amide bonds. The Bertz CT molecular complexity index is 659. The van der Waals surface area contributed by atoms with Gasteiger partial charge in [-0.05, 0) is 13.0 Å². The van der Waals surface area contributed by atoms with Crippen LogP contribution >= 0.6 is 15.9 Å². The van der Waals surface area contributed by atoms with E-state index in [4.69, 9.17) is 0 Å². The smallest absolute Gasteiger partial charge is 0.103 e. The molecule has 4 heteroatoms. The summed E-state index contributed by atoms with van der Waals surface area (Å²) in [5.41, 5.74) is 3.88. The van der Waals surface area contributed by atoms with Crippen LogP contribution in [0.25, 0.3) is 0 Å². The molecule has 1 N–H and O–H groups in total. The minimum Gasteiger partial charge on any atom is -0.328 e. The Labute approximate surface area is 146 Å². The summed E-state index contributed by atoms with van der Waals surface area (Å²) in [7, 11) is 0. The van der Waals surface area contributed by atoms with Crippen LogP contribution in [-0.2, 0) is 6.54 Å². The Kier molecular flexibility index (Phi) is 5.47. The van der Waals surface area contributed by atoms with Gasteiger partial charge in [0.15, 0.2) is 0 Å². The summed E-state index contributed by atoms with van der Waals surface area (Å²) in [6.45, 7) is 7.56. The number of nitrogens with one attached hydrogen (secondary N) is 1. The number of quaternary nitrogens is 1. The first-order chi connectivity index (χ1) is 11.2. The number of hydrogen-bond acceptors (Lipinski definition) is 2. The number of piperazine rings is 1. The number of hydrazone groups is 1. The molecule has 0 aliphatic carbocycles. The SMILES string of the molecule is Cc1ccc(C[NH+]2CCN(/N=C\c3ccccc3Br)CC2)cc1.